The number of nitrogen functional groups attached to an aromatic ring is 2. The third-order valence-corrected chi connectivity index (χ3v) is 8.82. The van der Waals surface area contributed by atoms with E-state index in [0.717, 1.165) is 17.2 Å². The lowest BCUT2D eigenvalue weighted by Gasteiger charge is -2.26. The van der Waals surface area contributed by atoms with E-state index in [4.69, 9.17) is 34.7 Å². The number of nitrogens with one attached hydrogen (secondary N) is 1. The fourth-order valence-corrected chi connectivity index (χ4v) is 6.55. The van der Waals surface area contributed by atoms with Crippen molar-refractivity contribution in [2.75, 3.05) is 31.8 Å². The van der Waals surface area contributed by atoms with Gasteiger partial charge in [-0.05, 0) is 0 Å². The molecule has 2 fully saturated rings. The summed E-state index contributed by atoms with van der Waals surface area (Å²) in [6.07, 6.45) is -7.99. The molecule has 26 heteroatoms. The summed E-state index contributed by atoms with van der Waals surface area (Å²) in [5.41, 5.74) is 11.0. The summed E-state index contributed by atoms with van der Waals surface area (Å²) < 4.78 is 59.3. The molecule has 6 heterocycles. The predicted molar refractivity (Wildman–Crippen MR) is 152 cm³/mol. The number of ether oxygens (including phenoxy) is 3. The maximum Gasteiger partial charge on any atom is 0.472 e. The monoisotopic (exact) mass is 706 g/mol. The predicted octanol–water partition coefficient (Wildman–Crippen LogP) is -2.73. The SMILES string of the molecule is CO[C@H]1C(OP(=O)(O)OC[C@H]2O[C@@H](n3cnc4c(=O)[nH]c(N)nc43)[C@@H](O)C2O)[C@@H](COP(=O)(O)O)O[C@H]1n1cnc2c(N)ncnc21. The van der Waals surface area contributed by atoms with E-state index in [-0.39, 0.29) is 34.1 Å². The zero-order chi connectivity index (χ0) is 33.8. The standard InChI is InChI=1S/C21H28N10O14P2/c1-40-14-13(8(3-41-46(35,36)37)44-20(14)30-5-26-9-15(22)24-4-25-16(9)30)45-47(38,39)42-2-7-11(32)12(33)19(43-7)31-6-27-10-17(31)28-21(23)29-18(10)34/h4-8,11-14,19-20,32-33H,2-3H2,1H3,(H,38,39)(H2,22,24,25)(H2,35,36,37)(H3,23,28,29,34)/t7-,8-,11?,12+,13?,14+,19-,20-/m1/s1. The summed E-state index contributed by atoms with van der Waals surface area (Å²) in [4.78, 5) is 63.6. The lowest BCUT2D eigenvalue weighted by molar-refractivity contribution is -0.0582. The van der Waals surface area contributed by atoms with Gasteiger partial charge in [0.1, 0.15) is 48.5 Å². The van der Waals surface area contributed by atoms with E-state index >= 15 is 0 Å². The Morgan fingerprint density at radius 2 is 1.55 bits per heavy atom. The summed E-state index contributed by atoms with van der Waals surface area (Å²) >= 11 is 0. The first kappa shape index (κ1) is 33.4. The topological polar surface area (TPSA) is 350 Å². The fraction of sp³-hybridized carbons (Fsp3) is 0.524. The number of imidazole rings is 2. The number of rotatable bonds is 11. The number of aromatic amines is 1. The number of nitrogens with zero attached hydrogens (tertiary/aromatic N) is 7. The van der Waals surface area contributed by atoms with Crippen molar-refractivity contribution in [3.8, 4) is 0 Å². The lowest BCUT2D eigenvalue weighted by Crippen LogP contribution is -2.38. The second kappa shape index (κ2) is 12.5. The summed E-state index contributed by atoms with van der Waals surface area (Å²) in [5.74, 6) is -0.201. The number of hydrogen-bond acceptors (Lipinski definition) is 18. The zero-order valence-corrected chi connectivity index (χ0v) is 25.6. The average molecular weight is 706 g/mol. The van der Waals surface area contributed by atoms with Crippen molar-refractivity contribution in [3.05, 3.63) is 29.3 Å². The quantitative estimate of drug-likeness (QED) is 0.0733. The van der Waals surface area contributed by atoms with E-state index in [1.165, 1.54) is 18.0 Å². The zero-order valence-electron chi connectivity index (χ0n) is 23.9. The Labute approximate surface area is 261 Å². The van der Waals surface area contributed by atoms with E-state index in [0.29, 0.717) is 0 Å². The van der Waals surface area contributed by atoms with Crippen molar-refractivity contribution in [3.63, 3.8) is 0 Å². The Morgan fingerprint density at radius 3 is 2.26 bits per heavy atom. The van der Waals surface area contributed by atoms with Gasteiger partial charge in [-0.1, -0.05) is 0 Å². The number of hydrogen-bond donors (Lipinski definition) is 8. The molecule has 0 aliphatic carbocycles. The van der Waals surface area contributed by atoms with Crippen molar-refractivity contribution in [1.82, 2.24) is 39.0 Å². The molecule has 24 nitrogen and oxygen atoms in total. The van der Waals surface area contributed by atoms with Crippen molar-refractivity contribution in [2.24, 2.45) is 0 Å². The summed E-state index contributed by atoms with van der Waals surface area (Å²) in [6, 6.07) is 0. The number of aliphatic hydroxyl groups excluding tert-OH is 2. The maximum atomic E-state index is 13.2. The molecule has 47 heavy (non-hydrogen) atoms. The average Bonchev–Trinajstić information content (AvgIpc) is 3.75. The normalized spacial score (nSPS) is 29.6. The smallest absolute Gasteiger partial charge is 0.387 e. The van der Waals surface area contributed by atoms with Crippen molar-refractivity contribution >= 4 is 49.7 Å². The van der Waals surface area contributed by atoms with Gasteiger partial charge in [-0.25, -0.2) is 29.1 Å². The molecule has 0 radical (unpaired) electrons. The summed E-state index contributed by atoms with van der Waals surface area (Å²) in [6.45, 7) is -1.64. The van der Waals surface area contributed by atoms with Crippen LogP contribution in [0.3, 0.4) is 0 Å². The van der Waals surface area contributed by atoms with Crippen molar-refractivity contribution < 1.29 is 61.8 Å². The highest BCUT2D eigenvalue weighted by molar-refractivity contribution is 7.47. The molecular weight excluding hydrogens is 678 g/mol. The van der Waals surface area contributed by atoms with Crippen LogP contribution in [0.15, 0.2) is 23.8 Å². The third kappa shape index (κ3) is 6.51. The van der Waals surface area contributed by atoms with Gasteiger partial charge in [0.25, 0.3) is 5.56 Å². The Bertz CT molecular complexity index is 1930. The Balaban J connectivity index is 1.20. The third-order valence-electron chi connectivity index (χ3n) is 7.34. The molecule has 2 aliphatic rings. The molecule has 0 bridgehead atoms. The van der Waals surface area contributed by atoms with E-state index < -0.39 is 83.5 Å². The van der Waals surface area contributed by atoms with Gasteiger partial charge in [0.2, 0.25) is 5.95 Å². The second-order valence-electron chi connectivity index (χ2n) is 10.3. The molecule has 0 aromatic carbocycles. The largest absolute Gasteiger partial charge is 0.472 e. The second-order valence-corrected chi connectivity index (χ2v) is 12.9. The van der Waals surface area contributed by atoms with Gasteiger partial charge in [-0.3, -0.25) is 32.5 Å². The van der Waals surface area contributed by atoms with Crippen LogP contribution in [-0.4, -0.2) is 121 Å². The van der Waals surface area contributed by atoms with Crippen LogP contribution in [0, 0.1) is 0 Å². The number of aromatic nitrogens is 8. The number of aliphatic hydroxyl groups is 2. The first-order valence-corrected chi connectivity index (χ1v) is 16.4. The van der Waals surface area contributed by atoms with Crippen molar-refractivity contribution in [2.45, 2.75) is 49.1 Å². The first-order valence-electron chi connectivity index (χ1n) is 13.4. The molecule has 9 atom stereocenters. The highest BCUT2D eigenvalue weighted by Gasteiger charge is 2.52. The number of phosphoric ester groups is 2. The van der Waals surface area contributed by atoms with Gasteiger partial charge in [0, 0.05) is 7.11 Å². The van der Waals surface area contributed by atoms with Gasteiger partial charge in [0.15, 0.2) is 35.1 Å². The van der Waals surface area contributed by atoms with Crippen LogP contribution in [-0.2, 0) is 36.9 Å². The molecule has 4 aromatic heterocycles. The van der Waals surface area contributed by atoms with Gasteiger partial charge < -0.3 is 50.6 Å². The number of nitrogens with two attached hydrogens (primary N) is 2. The van der Waals surface area contributed by atoms with Crippen LogP contribution < -0.4 is 17.0 Å². The van der Waals surface area contributed by atoms with Crippen molar-refractivity contribution in [1.29, 1.82) is 0 Å². The van der Waals surface area contributed by atoms with Crippen LogP contribution in [0.5, 0.6) is 0 Å². The highest BCUT2D eigenvalue weighted by Crippen LogP contribution is 2.50. The number of H-pyrrole nitrogens is 1. The summed E-state index contributed by atoms with van der Waals surface area (Å²) in [5, 5.41) is 21.3. The van der Waals surface area contributed by atoms with Gasteiger partial charge >= 0.3 is 15.6 Å². The molecule has 2 saturated heterocycles. The maximum absolute atomic E-state index is 13.2. The fourth-order valence-electron chi connectivity index (χ4n) is 5.25. The van der Waals surface area contributed by atoms with Crippen LogP contribution in [0.1, 0.15) is 12.5 Å². The van der Waals surface area contributed by atoms with Crippen LogP contribution in [0.2, 0.25) is 0 Å². The Morgan fingerprint density at radius 1 is 0.894 bits per heavy atom. The van der Waals surface area contributed by atoms with Crippen LogP contribution in [0.25, 0.3) is 22.3 Å². The van der Waals surface area contributed by atoms with Gasteiger partial charge in [0.05, 0.1) is 25.9 Å². The molecule has 2 aliphatic heterocycles. The van der Waals surface area contributed by atoms with E-state index in [2.05, 4.69) is 34.4 Å². The van der Waals surface area contributed by atoms with Crippen LogP contribution >= 0.6 is 15.6 Å². The molecule has 0 saturated carbocycles. The molecule has 10 N–H and O–H groups in total. The van der Waals surface area contributed by atoms with Crippen LogP contribution in [0.4, 0.5) is 11.8 Å². The minimum absolute atomic E-state index is 0.0436. The van der Waals surface area contributed by atoms with Gasteiger partial charge in [-0.15, -0.1) is 0 Å². The number of methoxy groups -OCH3 is 1. The molecule has 3 unspecified atom stereocenters. The molecule has 6 rings (SSSR count). The minimum Gasteiger partial charge on any atom is -0.387 e. The van der Waals surface area contributed by atoms with E-state index in [9.17, 15) is 38.8 Å². The van der Waals surface area contributed by atoms with Gasteiger partial charge in [-0.2, -0.15) is 4.98 Å². The molecular formula is C21H28N10O14P2. The highest BCUT2D eigenvalue weighted by atomic mass is 31.2. The number of fused-ring (bicyclic) bond motifs is 2. The summed E-state index contributed by atoms with van der Waals surface area (Å²) in [7, 11) is -8.95. The molecule has 4 aromatic rings. The molecule has 0 amide bonds. The number of phosphoric acid groups is 2. The Kier molecular flexibility index (Phi) is 8.90. The Hall–Kier alpha value is -3.48. The minimum atomic E-state index is -5.13. The lowest BCUT2D eigenvalue weighted by atomic mass is 10.1. The number of anilines is 2. The van der Waals surface area contributed by atoms with E-state index in [1.54, 1.807) is 0 Å². The molecule has 0 spiro atoms. The van der Waals surface area contributed by atoms with E-state index in [1.807, 2.05) is 0 Å². The first-order chi connectivity index (χ1) is 22.2. The molecule has 256 valence electrons.